The van der Waals surface area contributed by atoms with E-state index in [9.17, 15) is 5.11 Å². The molecule has 4 nitrogen and oxygen atoms in total. The van der Waals surface area contributed by atoms with Crippen molar-refractivity contribution in [2.45, 2.75) is 58.5 Å². The molecule has 0 spiro atoms. The summed E-state index contributed by atoms with van der Waals surface area (Å²) in [5.74, 6) is 1.91. The Balaban J connectivity index is 1.96. The number of aliphatic hydroxyl groups is 1. The second-order valence-corrected chi connectivity index (χ2v) is 7.16. The van der Waals surface area contributed by atoms with Crippen LogP contribution in [0.3, 0.4) is 0 Å². The van der Waals surface area contributed by atoms with Gasteiger partial charge in [0.2, 0.25) is 0 Å². The first kappa shape index (κ1) is 20.1. The van der Waals surface area contributed by atoms with Crippen LogP contribution in [0.2, 0.25) is 0 Å². The Labute approximate surface area is 153 Å². The molecule has 1 fully saturated rings. The molecule has 1 aromatic carbocycles. The number of hydrogen-bond acceptors (Lipinski definition) is 4. The molecule has 0 amide bonds. The van der Waals surface area contributed by atoms with Crippen molar-refractivity contribution in [1.82, 2.24) is 4.90 Å². The fourth-order valence-corrected chi connectivity index (χ4v) is 3.61. The van der Waals surface area contributed by atoms with Gasteiger partial charge in [0, 0.05) is 19.0 Å². The molecule has 0 aliphatic carbocycles. The minimum absolute atomic E-state index is 0.205. The number of likely N-dealkylation sites (tertiary alicyclic amines) is 1. The molecule has 0 bridgehead atoms. The third-order valence-electron chi connectivity index (χ3n) is 5.05. The third-order valence-corrected chi connectivity index (χ3v) is 5.05. The van der Waals surface area contributed by atoms with Gasteiger partial charge in [-0.05, 0) is 49.9 Å². The summed E-state index contributed by atoms with van der Waals surface area (Å²) < 4.78 is 11.4. The number of hydrogen-bond donors (Lipinski definition) is 1. The number of unbranched alkanes of at least 4 members (excludes halogenated alkanes) is 2. The molecule has 142 valence electrons. The highest BCUT2D eigenvalue weighted by atomic mass is 16.5. The number of piperidine rings is 1. The average molecular weight is 350 g/mol. The van der Waals surface area contributed by atoms with Gasteiger partial charge in [-0.3, -0.25) is 0 Å². The van der Waals surface area contributed by atoms with E-state index < -0.39 is 0 Å². The molecule has 1 aliphatic rings. The summed E-state index contributed by atoms with van der Waals surface area (Å²) in [6, 6.07) is 6.20. The molecular weight excluding hydrogens is 314 g/mol. The smallest absolute Gasteiger partial charge is 0.161 e. The third kappa shape index (κ3) is 6.19. The summed E-state index contributed by atoms with van der Waals surface area (Å²) >= 11 is 0. The van der Waals surface area contributed by atoms with E-state index in [1.807, 2.05) is 6.07 Å². The molecule has 2 unspecified atom stereocenters. The highest BCUT2D eigenvalue weighted by Crippen LogP contribution is 2.30. The zero-order valence-electron chi connectivity index (χ0n) is 16.2. The Morgan fingerprint density at radius 2 is 2.00 bits per heavy atom. The molecular formula is C21H35NO3. The lowest BCUT2D eigenvalue weighted by Gasteiger charge is -2.36. The van der Waals surface area contributed by atoms with Crippen LogP contribution in [0.15, 0.2) is 18.2 Å². The van der Waals surface area contributed by atoms with Crippen LogP contribution in [-0.2, 0) is 6.42 Å². The van der Waals surface area contributed by atoms with Gasteiger partial charge in [-0.2, -0.15) is 0 Å². The first-order valence-electron chi connectivity index (χ1n) is 9.88. The SMILES string of the molecule is CCCCCOc1ccc(CC2CN(CCC)CCC2O)cc1OC. The maximum absolute atomic E-state index is 10.4. The van der Waals surface area contributed by atoms with E-state index in [0.717, 1.165) is 57.0 Å². The van der Waals surface area contributed by atoms with Gasteiger partial charge >= 0.3 is 0 Å². The molecule has 1 heterocycles. The topological polar surface area (TPSA) is 41.9 Å². The van der Waals surface area contributed by atoms with Gasteiger partial charge < -0.3 is 19.5 Å². The van der Waals surface area contributed by atoms with Crippen molar-refractivity contribution in [3.05, 3.63) is 23.8 Å². The van der Waals surface area contributed by atoms with E-state index in [-0.39, 0.29) is 6.10 Å². The first-order valence-corrected chi connectivity index (χ1v) is 9.88. The number of rotatable bonds is 10. The normalized spacial score (nSPS) is 21.3. The number of aliphatic hydroxyl groups excluding tert-OH is 1. The van der Waals surface area contributed by atoms with Crippen LogP contribution in [0, 0.1) is 5.92 Å². The Bertz CT molecular complexity index is 506. The number of nitrogens with zero attached hydrogens (tertiary/aromatic N) is 1. The highest BCUT2D eigenvalue weighted by Gasteiger charge is 2.27. The van der Waals surface area contributed by atoms with E-state index in [2.05, 4.69) is 30.9 Å². The molecule has 1 aliphatic heterocycles. The number of benzene rings is 1. The van der Waals surface area contributed by atoms with Gasteiger partial charge in [0.25, 0.3) is 0 Å². The van der Waals surface area contributed by atoms with E-state index in [0.29, 0.717) is 5.92 Å². The van der Waals surface area contributed by atoms with Crippen LogP contribution in [-0.4, -0.2) is 49.5 Å². The molecule has 1 N–H and O–H groups in total. The molecule has 1 aromatic rings. The summed E-state index contributed by atoms with van der Waals surface area (Å²) in [5.41, 5.74) is 1.21. The maximum Gasteiger partial charge on any atom is 0.161 e. The largest absolute Gasteiger partial charge is 0.493 e. The molecule has 4 heteroatoms. The zero-order valence-corrected chi connectivity index (χ0v) is 16.2. The van der Waals surface area contributed by atoms with Gasteiger partial charge in [-0.1, -0.05) is 32.8 Å². The van der Waals surface area contributed by atoms with E-state index in [1.54, 1.807) is 7.11 Å². The lowest BCUT2D eigenvalue weighted by Crippen LogP contribution is -2.44. The summed E-state index contributed by atoms with van der Waals surface area (Å²) in [6.07, 6.45) is 6.17. The second kappa shape index (κ2) is 10.7. The Hall–Kier alpha value is -1.26. The van der Waals surface area contributed by atoms with Crippen molar-refractivity contribution >= 4 is 0 Å². The predicted molar refractivity (Wildman–Crippen MR) is 103 cm³/mol. The van der Waals surface area contributed by atoms with Crippen LogP contribution in [0.1, 0.15) is 51.5 Å². The quantitative estimate of drug-likeness (QED) is 0.651. The van der Waals surface area contributed by atoms with Crippen molar-refractivity contribution in [2.75, 3.05) is 33.4 Å². The Kier molecular flexibility index (Phi) is 8.56. The van der Waals surface area contributed by atoms with Crippen molar-refractivity contribution < 1.29 is 14.6 Å². The van der Waals surface area contributed by atoms with Crippen molar-refractivity contribution in [3.8, 4) is 11.5 Å². The second-order valence-electron chi connectivity index (χ2n) is 7.16. The Morgan fingerprint density at radius 1 is 1.16 bits per heavy atom. The lowest BCUT2D eigenvalue weighted by atomic mass is 9.88. The maximum atomic E-state index is 10.4. The first-order chi connectivity index (χ1) is 12.2. The van der Waals surface area contributed by atoms with Gasteiger partial charge in [0.1, 0.15) is 0 Å². The zero-order chi connectivity index (χ0) is 18.1. The van der Waals surface area contributed by atoms with E-state index in [4.69, 9.17) is 9.47 Å². The van der Waals surface area contributed by atoms with Crippen molar-refractivity contribution in [3.63, 3.8) is 0 Å². The minimum atomic E-state index is -0.205. The summed E-state index contributed by atoms with van der Waals surface area (Å²) in [5, 5.41) is 10.4. The number of ether oxygens (including phenoxy) is 2. The Morgan fingerprint density at radius 3 is 2.72 bits per heavy atom. The predicted octanol–water partition coefficient (Wildman–Crippen LogP) is 3.90. The van der Waals surface area contributed by atoms with Crippen LogP contribution in [0.25, 0.3) is 0 Å². The van der Waals surface area contributed by atoms with Crippen LogP contribution in [0.4, 0.5) is 0 Å². The average Bonchev–Trinajstić information content (AvgIpc) is 2.62. The van der Waals surface area contributed by atoms with E-state index >= 15 is 0 Å². The summed E-state index contributed by atoms with van der Waals surface area (Å²) in [7, 11) is 1.69. The van der Waals surface area contributed by atoms with Crippen molar-refractivity contribution in [2.24, 2.45) is 5.92 Å². The lowest BCUT2D eigenvalue weighted by molar-refractivity contribution is 0.0270. The van der Waals surface area contributed by atoms with Gasteiger partial charge in [-0.15, -0.1) is 0 Å². The molecule has 2 atom stereocenters. The minimum Gasteiger partial charge on any atom is -0.493 e. The van der Waals surface area contributed by atoms with Crippen molar-refractivity contribution in [1.29, 1.82) is 0 Å². The molecule has 0 aromatic heterocycles. The summed E-state index contributed by atoms with van der Waals surface area (Å²) in [6.45, 7) is 8.25. The molecule has 1 saturated heterocycles. The molecule has 25 heavy (non-hydrogen) atoms. The molecule has 2 rings (SSSR count). The van der Waals surface area contributed by atoms with Gasteiger partial charge in [0.15, 0.2) is 11.5 Å². The monoisotopic (exact) mass is 349 g/mol. The highest BCUT2D eigenvalue weighted by molar-refractivity contribution is 5.43. The number of methoxy groups -OCH3 is 1. The van der Waals surface area contributed by atoms with E-state index in [1.165, 1.54) is 24.8 Å². The fourth-order valence-electron chi connectivity index (χ4n) is 3.61. The van der Waals surface area contributed by atoms with Crippen LogP contribution < -0.4 is 9.47 Å². The molecule has 0 saturated carbocycles. The fraction of sp³-hybridized carbons (Fsp3) is 0.714. The standard InChI is InChI=1S/C21H35NO3/c1-4-6-7-13-25-20-9-8-17(15-21(20)24-3)14-18-16-22(11-5-2)12-10-19(18)23/h8-9,15,18-19,23H,4-7,10-14,16H2,1-3H3. The molecule has 0 radical (unpaired) electrons. The van der Waals surface area contributed by atoms with Gasteiger partial charge in [-0.25, -0.2) is 0 Å². The van der Waals surface area contributed by atoms with Crippen LogP contribution in [0.5, 0.6) is 11.5 Å². The summed E-state index contributed by atoms with van der Waals surface area (Å²) in [4.78, 5) is 2.47. The van der Waals surface area contributed by atoms with Crippen LogP contribution >= 0.6 is 0 Å². The van der Waals surface area contributed by atoms with Gasteiger partial charge in [0.05, 0.1) is 19.8 Å².